The number of carbonyl (C=O) groups excluding carboxylic acids is 1. The Morgan fingerprint density at radius 2 is 2.19 bits per heavy atom. The van der Waals surface area contributed by atoms with Gasteiger partial charge in [0.2, 0.25) is 5.91 Å². The fourth-order valence-electron chi connectivity index (χ4n) is 3.57. The number of hydrogen-bond donors (Lipinski definition) is 1. The molecule has 1 fully saturated rings. The maximum Gasteiger partial charge on any atom is 0.220 e. The Bertz CT molecular complexity index is 767. The van der Waals surface area contributed by atoms with Crippen molar-refractivity contribution < 1.29 is 9.32 Å². The van der Waals surface area contributed by atoms with Crippen LogP contribution in [0.1, 0.15) is 59.4 Å². The van der Waals surface area contributed by atoms with Crippen LogP contribution >= 0.6 is 0 Å². The number of rotatable bonds is 6. The van der Waals surface area contributed by atoms with Crippen LogP contribution in [0.5, 0.6) is 0 Å². The standard InChI is InChI=1S/C19H27N5O2/c1-12-16(13(2)26-23-12)7-8-18(25)21-11-15-10-20-14(3)22-19(15)17-6-5-9-24(17)4/h10,17H,5-9,11H2,1-4H3,(H,21,25). The van der Waals surface area contributed by atoms with Crippen molar-refractivity contribution in [1.29, 1.82) is 0 Å². The molecule has 0 aromatic carbocycles. The van der Waals surface area contributed by atoms with Gasteiger partial charge in [0.05, 0.1) is 17.4 Å². The average molecular weight is 357 g/mol. The van der Waals surface area contributed by atoms with Crippen LogP contribution in [0.15, 0.2) is 10.7 Å². The van der Waals surface area contributed by atoms with Gasteiger partial charge >= 0.3 is 0 Å². The Hall–Kier alpha value is -2.28. The topological polar surface area (TPSA) is 84.2 Å². The lowest BCUT2D eigenvalue weighted by atomic mass is 10.1. The van der Waals surface area contributed by atoms with Crippen molar-refractivity contribution in [2.75, 3.05) is 13.6 Å². The van der Waals surface area contributed by atoms with Gasteiger partial charge in [-0.1, -0.05) is 5.16 Å². The molecule has 1 saturated heterocycles. The second kappa shape index (κ2) is 7.95. The summed E-state index contributed by atoms with van der Waals surface area (Å²) in [5.74, 6) is 1.57. The number of carbonyl (C=O) groups is 1. The molecule has 1 atom stereocenters. The summed E-state index contributed by atoms with van der Waals surface area (Å²) in [6, 6.07) is 0.311. The predicted molar refractivity (Wildman–Crippen MR) is 97.5 cm³/mol. The minimum atomic E-state index is 0.0105. The molecule has 1 N–H and O–H groups in total. The molecule has 1 aliphatic heterocycles. The first-order valence-corrected chi connectivity index (χ1v) is 9.16. The molecule has 1 unspecified atom stereocenters. The highest BCUT2D eigenvalue weighted by Crippen LogP contribution is 2.31. The van der Waals surface area contributed by atoms with Crippen LogP contribution in [0.25, 0.3) is 0 Å². The fourth-order valence-corrected chi connectivity index (χ4v) is 3.57. The number of amides is 1. The summed E-state index contributed by atoms with van der Waals surface area (Å²) < 4.78 is 5.15. The molecule has 0 spiro atoms. The summed E-state index contributed by atoms with van der Waals surface area (Å²) in [7, 11) is 2.13. The van der Waals surface area contributed by atoms with E-state index in [2.05, 4.69) is 32.4 Å². The number of hydrogen-bond acceptors (Lipinski definition) is 6. The van der Waals surface area contributed by atoms with Gasteiger partial charge in [0, 0.05) is 30.3 Å². The van der Waals surface area contributed by atoms with Gasteiger partial charge in [0.15, 0.2) is 0 Å². The van der Waals surface area contributed by atoms with Gasteiger partial charge in [-0.2, -0.15) is 0 Å². The van der Waals surface area contributed by atoms with Crippen molar-refractivity contribution in [3.8, 4) is 0 Å². The van der Waals surface area contributed by atoms with E-state index in [-0.39, 0.29) is 5.91 Å². The third-order valence-electron chi connectivity index (χ3n) is 5.11. The van der Waals surface area contributed by atoms with E-state index in [1.54, 1.807) is 0 Å². The molecule has 1 amide bonds. The van der Waals surface area contributed by atoms with E-state index in [9.17, 15) is 4.79 Å². The molecule has 0 bridgehead atoms. The van der Waals surface area contributed by atoms with Crippen LogP contribution < -0.4 is 5.32 Å². The Balaban J connectivity index is 1.61. The Kier molecular flexibility index (Phi) is 5.66. The lowest BCUT2D eigenvalue weighted by Crippen LogP contribution is -2.26. The molecule has 3 rings (SSSR count). The molecule has 140 valence electrons. The number of nitrogens with zero attached hydrogens (tertiary/aromatic N) is 4. The average Bonchev–Trinajstić information content (AvgIpc) is 3.17. The van der Waals surface area contributed by atoms with Gasteiger partial charge < -0.3 is 9.84 Å². The SMILES string of the molecule is Cc1ncc(CNC(=O)CCc2c(C)noc2C)c(C2CCCN2C)n1. The molecule has 2 aromatic rings. The highest BCUT2D eigenvalue weighted by atomic mass is 16.5. The molecule has 0 radical (unpaired) electrons. The first-order valence-electron chi connectivity index (χ1n) is 9.16. The summed E-state index contributed by atoms with van der Waals surface area (Å²) >= 11 is 0. The molecular formula is C19H27N5O2. The molecule has 26 heavy (non-hydrogen) atoms. The van der Waals surface area contributed by atoms with Gasteiger partial charge in [0.1, 0.15) is 11.6 Å². The summed E-state index contributed by atoms with van der Waals surface area (Å²) in [5, 5.41) is 6.94. The van der Waals surface area contributed by atoms with E-state index in [0.717, 1.165) is 47.1 Å². The molecule has 0 aliphatic carbocycles. The number of nitrogens with one attached hydrogen (secondary N) is 1. The number of likely N-dealkylation sites (tertiary alicyclic amines) is 1. The van der Waals surface area contributed by atoms with Crippen molar-refractivity contribution in [3.05, 3.63) is 40.3 Å². The van der Waals surface area contributed by atoms with Crippen molar-refractivity contribution >= 4 is 5.91 Å². The quantitative estimate of drug-likeness (QED) is 0.855. The monoisotopic (exact) mass is 357 g/mol. The van der Waals surface area contributed by atoms with E-state index in [1.165, 1.54) is 6.42 Å². The lowest BCUT2D eigenvalue weighted by Gasteiger charge is -2.21. The Labute approximate surface area is 154 Å². The van der Waals surface area contributed by atoms with Crippen molar-refractivity contribution in [2.45, 2.75) is 59.0 Å². The smallest absolute Gasteiger partial charge is 0.220 e. The van der Waals surface area contributed by atoms with Crippen molar-refractivity contribution in [2.24, 2.45) is 0 Å². The summed E-state index contributed by atoms with van der Waals surface area (Å²) in [6.07, 6.45) is 5.16. The molecule has 0 saturated carbocycles. The van der Waals surface area contributed by atoms with Crippen molar-refractivity contribution in [1.82, 2.24) is 25.3 Å². The van der Waals surface area contributed by atoms with E-state index in [0.29, 0.717) is 25.4 Å². The van der Waals surface area contributed by atoms with Crippen LogP contribution in [-0.4, -0.2) is 39.5 Å². The Morgan fingerprint density at radius 3 is 2.85 bits per heavy atom. The zero-order valence-corrected chi connectivity index (χ0v) is 16.0. The molecule has 1 aliphatic rings. The van der Waals surface area contributed by atoms with Gasteiger partial charge in [-0.15, -0.1) is 0 Å². The van der Waals surface area contributed by atoms with E-state index in [1.807, 2.05) is 27.0 Å². The van der Waals surface area contributed by atoms with Gasteiger partial charge in [-0.25, -0.2) is 9.97 Å². The molecular weight excluding hydrogens is 330 g/mol. The number of aromatic nitrogens is 3. The van der Waals surface area contributed by atoms with Crippen LogP contribution in [0, 0.1) is 20.8 Å². The van der Waals surface area contributed by atoms with Crippen LogP contribution in [0.4, 0.5) is 0 Å². The summed E-state index contributed by atoms with van der Waals surface area (Å²) in [5.41, 5.74) is 3.92. The zero-order valence-electron chi connectivity index (χ0n) is 16.0. The maximum absolute atomic E-state index is 12.3. The summed E-state index contributed by atoms with van der Waals surface area (Å²) in [6.45, 7) is 7.22. The van der Waals surface area contributed by atoms with Gasteiger partial charge in [-0.3, -0.25) is 9.69 Å². The van der Waals surface area contributed by atoms with Crippen LogP contribution in [0.3, 0.4) is 0 Å². The van der Waals surface area contributed by atoms with E-state index >= 15 is 0 Å². The maximum atomic E-state index is 12.3. The normalized spacial score (nSPS) is 17.6. The molecule has 7 heteroatoms. The third-order valence-corrected chi connectivity index (χ3v) is 5.11. The zero-order chi connectivity index (χ0) is 18.7. The lowest BCUT2D eigenvalue weighted by molar-refractivity contribution is -0.121. The molecule has 3 heterocycles. The first kappa shape index (κ1) is 18.5. The van der Waals surface area contributed by atoms with Crippen LogP contribution in [0.2, 0.25) is 0 Å². The van der Waals surface area contributed by atoms with Crippen LogP contribution in [-0.2, 0) is 17.8 Å². The molecule has 2 aromatic heterocycles. The molecule has 7 nitrogen and oxygen atoms in total. The highest BCUT2D eigenvalue weighted by molar-refractivity contribution is 5.76. The number of aryl methyl sites for hydroxylation is 3. The highest BCUT2D eigenvalue weighted by Gasteiger charge is 2.26. The van der Waals surface area contributed by atoms with E-state index in [4.69, 9.17) is 4.52 Å². The van der Waals surface area contributed by atoms with Gasteiger partial charge in [0.25, 0.3) is 0 Å². The second-order valence-electron chi connectivity index (χ2n) is 7.05. The predicted octanol–water partition coefficient (Wildman–Crippen LogP) is 2.41. The minimum Gasteiger partial charge on any atom is -0.361 e. The fraction of sp³-hybridized carbons (Fsp3) is 0.579. The Morgan fingerprint density at radius 1 is 1.38 bits per heavy atom. The minimum absolute atomic E-state index is 0.0105. The second-order valence-corrected chi connectivity index (χ2v) is 7.05. The third kappa shape index (κ3) is 4.09. The summed E-state index contributed by atoms with van der Waals surface area (Å²) in [4.78, 5) is 23.6. The van der Waals surface area contributed by atoms with Crippen molar-refractivity contribution in [3.63, 3.8) is 0 Å². The van der Waals surface area contributed by atoms with Gasteiger partial charge in [-0.05, 0) is 53.6 Å². The van der Waals surface area contributed by atoms with E-state index < -0.39 is 0 Å². The first-order chi connectivity index (χ1) is 12.5. The largest absolute Gasteiger partial charge is 0.361 e.